The Balaban J connectivity index is 1.96. The molecule has 2 aromatic carbocycles. The molecule has 1 fully saturated rings. The SMILES string of the molecule is CC[C@@H](NS(=O)(=O)c1ccc(OC)c(N2C(=O)CCC2=O)c1)c1ccc(OC)c(OC)c1. The van der Waals surface area contributed by atoms with Gasteiger partial charge in [0, 0.05) is 18.9 Å². The molecule has 1 heterocycles. The molecule has 10 heteroatoms. The number of anilines is 1. The molecule has 0 aromatic heterocycles. The van der Waals surface area contributed by atoms with Crippen LogP contribution in [0.15, 0.2) is 41.3 Å². The molecule has 0 saturated carbocycles. The highest BCUT2D eigenvalue weighted by atomic mass is 32.2. The number of rotatable bonds is 9. The van der Waals surface area contributed by atoms with E-state index < -0.39 is 27.9 Å². The molecule has 1 atom stereocenters. The number of benzene rings is 2. The van der Waals surface area contributed by atoms with Crippen molar-refractivity contribution in [1.29, 1.82) is 0 Å². The van der Waals surface area contributed by atoms with Gasteiger partial charge in [0.15, 0.2) is 11.5 Å². The van der Waals surface area contributed by atoms with Gasteiger partial charge in [-0.05, 0) is 42.3 Å². The normalized spacial score (nSPS) is 15.1. The van der Waals surface area contributed by atoms with Crippen LogP contribution in [-0.4, -0.2) is 41.6 Å². The number of methoxy groups -OCH3 is 3. The average molecular weight is 463 g/mol. The molecular formula is C22H26N2O7S. The van der Waals surface area contributed by atoms with E-state index in [2.05, 4.69) is 4.72 Å². The summed E-state index contributed by atoms with van der Waals surface area (Å²) in [4.78, 5) is 25.3. The first-order valence-corrected chi connectivity index (χ1v) is 11.5. The Labute approximate surface area is 187 Å². The Bertz CT molecular complexity index is 1120. The maximum atomic E-state index is 13.2. The fraction of sp³-hybridized carbons (Fsp3) is 0.364. The lowest BCUT2D eigenvalue weighted by Crippen LogP contribution is -2.31. The fourth-order valence-corrected chi connectivity index (χ4v) is 4.90. The Kier molecular flexibility index (Phi) is 7.05. The van der Waals surface area contributed by atoms with E-state index in [0.717, 1.165) is 4.90 Å². The van der Waals surface area contributed by atoms with Crippen LogP contribution in [0.25, 0.3) is 0 Å². The molecule has 0 spiro atoms. The molecule has 1 saturated heterocycles. The molecule has 0 radical (unpaired) electrons. The minimum absolute atomic E-state index is 0.0778. The highest BCUT2D eigenvalue weighted by Crippen LogP contribution is 2.35. The molecule has 32 heavy (non-hydrogen) atoms. The third-order valence-electron chi connectivity index (χ3n) is 5.27. The number of carbonyl (C=O) groups is 2. The molecule has 0 bridgehead atoms. The van der Waals surface area contributed by atoms with Crippen LogP contribution in [0, 0.1) is 0 Å². The van der Waals surface area contributed by atoms with Crippen molar-refractivity contribution in [2.45, 2.75) is 37.1 Å². The van der Waals surface area contributed by atoms with Crippen molar-refractivity contribution < 1.29 is 32.2 Å². The minimum atomic E-state index is -3.99. The topological polar surface area (TPSA) is 111 Å². The first-order valence-electron chi connectivity index (χ1n) is 10.0. The number of nitrogens with zero attached hydrogens (tertiary/aromatic N) is 1. The fourth-order valence-electron chi connectivity index (χ4n) is 3.57. The van der Waals surface area contributed by atoms with Crippen molar-refractivity contribution in [1.82, 2.24) is 4.72 Å². The molecule has 0 unspecified atom stereocenters. The van der Waals surface area contributed by atoms with E-state index in [1.165, 1.54) is 39.5 Å². The summed E-state index contributed by atoms with van der Waals surface area (Å²) in [6, 6.07) is 8.73. The second-order valence-corrected chi connectivity index (χ2v) is 8.87. The Morgan fingerprint density at radius 2 is 1.50 bits per heavy atom. The molecule has 1 N–H and O–H groups in total. The van der Waals surface area contributed by atoms with Gasteiger partial charge >= 0.3 is 0 Å². The number of carbonyl (C=O) groups excluding carboxylic acids is 2. The predicted molar refractivity (Wildman–Crippen MR) is 118 cm³/mol. The second-order valence-electron chi connectivity index (χ2n) is 7.15. The summed E-state index contributed by atoms with van der Waals surface area (Å²) in [6.07, 6.45) is 0.629. The number of amides is 2. The van der Waals surface area contributed by atoms with Crippen LogP contribution in [0.1, 0.15) is 37.8 Å². The quantitative estimate of drug-likeness (QED) is 0.571. The predicted octanol–water partition coefficient (Wildman–Crippen LogP) is 2.80. The van der Waals surface area contributed by atoms with Crippen LogP contribution in [0.5, 0.6) is 17.2 Å². The summed E-state index contributed by atoms with van der Waals surface area (Å²) in [6.45, 7) is 1.85. The lowest BCUT2D eigenvalue weighted by atomic mass is 10.1. The van der Waals surface area contributed by atoms with Crippen molar-refractivity contribution in [3.05, 3.63) is 42.0 Å². The first-order chi connectivity index (χ1) is 15.2. The van der Waals surface area contributed by atoms with Gasteiger partial charge in [0.05, 0.1) is 31.9 Å². The molecule has 0 aliphatic carbocycles. The highest BCUT2D eigenvalue weighted by Gasteiger charge is 2.33. The summed E-state index contributed by atoms with van der Waals surface area (Å²) in [5.41, 5.74) is 0.814. The number of ether oxygens (including phenoxy) is 3. The van der Waals surface area contributed by atoms with Gasteiger partial charge in [0.25, 0.3) is 0 Å². The molecule has 3 rings (SSSR count). The van der Waals surface area contributed by atoms with E-state index >= 15 is 0 Å². The number of nitrogens with one attached hydrogen (secondary N) is 1. The van der Waals surface area contributed by atoms with Crippen LogP contribution >= 0.6 is 0 Å². The third-order valence-corrected chi connectivity index (χ3v) is 6.74. The molecule has 1 aliphatic rings. The van der Waals surface area contributed by atoms with Gasteiger partial charge in [-0.25, -0.2) is 18.0 Å². The van der Waals surface area contributed by atoms with E-state index in [1.54, 1.807) is 18.2 Å². The van der Waals surface area contributed by atoms with E-state index in [4.69, 9.17) is 14.2 Å². The smallest absolute Gasteiger partial charge is 0.241 e. The summed E-state index contributed by atoms with van der Waals surface area (Å²) in [5, 5.41) is 0. The minimum Gasteiger partial charge on any atom is -0.495 e. The van der Waals surface area contributed by atoms with Crippen molar-refractivity contribution >= 4 is 27.5 Å². The Morgan fingerprint density at radius 1 is 0.906 bits per heavy atom. The third kappa shape index (κ3) is 4.56. The van der Waals surface area contributed by atoms with E-state index in [9.17, 15) is 18.0 Å². The van der Waals surface area contributed by atoms with Gasteiger partial charge < -0.3 is 14.2 Å². The number of imide groups is 1. The van der Waals surface area contributed by atoms with Crippen molar-refractivity contribution in [3.63, 3.8) is 0 Å². The van der Waals surface area contributed by atoms with E-state index in [0.29, 0.717) is 23.5 Å². The maximum absolute atomic E-state index is 13.2. The van der Waals surface area contributed by atoms with Crippen molar-refractivity contribution in [3.8, 4) is 17.2 Å². The second kappa shape index (κ2) is 9.58. The van der Waals surface area contributed by atoms with Crippen LogP contribution in [0.3, 0.4) is 0 Å². The molecule has 2 aromatic rings. The summed E-state index contributed by atoms with van der Waals surface area (Å²) < 4.78 is 44.9. The largest absolute Gasteiger partial charge is 0.495 e. The highest BCUT2D eigenvalue weighted by molar-refractivity contribution is 7.89. The number of hydrogen-bond donors (Lipinski definition) is 1. The van der Waals surface area contributed by atoms with Gasteiger partial charge in [-0.2, -0.15) is 0 Å². The average Bonchev–Trinajstić information content (AvgIpc) is 3.14. The van der Waals surface area contributed by atoms with Gasteiger partial charge in [-0.1, -0.05) is 13.0 Å². The lowest BCUT2D eigenvalue weighted by molar-refractivity contribution is -0.121. The number of sulfonamides is 1. The monoisotopic (exact) mass is 462 g/mol. The van der Waals surface area contributed by atoms with Crippen LogP contribution in [0.2, 0.25) is 0 Å². The summed E-state index contributed by atoms with van der Waals surface area (Å²) >= 11 is 0. The van der Waals surface area contributed by atoms with Crippen LogP contribution in [0.4, 0.5) is 5.69 Å². The van der Waals surface area contributed by atoms with Gasteiger partial charge in [-0.15, -0.1) is 0 Å². The zero-order valence-electron chi connectivity index (χ0n) is 18.4. The summed E-state index contributed by atoms with van der Waals surface area (Å²) in [5.74, 6) is 0.466. The molecule has 172 valence electrons. The van der Waals surface area contributed by atoms with Crippen LogP contribution < -0.4 is 23.8 Å². The van der Waals surface area contributed by atoms with E-state index in [1.807, 2.05) is 6.92 Å². The maximum Gasteiger partial charge on any atom is 0.241 e. The lowest BCUT2D eigenvalue weighted by Gasteiger charge is -2.21. The number of hydrogen-bond acceptors (Lipinski definition) is 7. The Hall–Kier alpha value is -3.11. The van der Waals surface area contributed by atoms with E-state index in [-0.39, 0.29) is 29.2 Å². The van der Waals surface area contributed by atoms with Crippen LogP contribution in [-0.2, 0) is 19.6 Å². The van der Waals surface area contributed by atoms with Crippen molar-refractivity contribution in [2.24, 2.45) is 0 Å². The summed E-state index contributed by atoms with van der Waals surface area (Å²) in [7, 11) is 0.424. The molecule has 1 aliphatic heterocycles. The Morgan fingerprint density at radius 3 is 2.06 bits per heavy atom. The molecule has 2 amide bonds. The van der Waals surface area contributed by atoms with Gasteiger partial charge in [0.1, 0.15) is 5.75 Å². The zero-order chi connectivity index (χ0) is 23.5. The molecule has 9 nitrogen and oxygen atoms in total. The molecular weight excluding hydrogens is 436 g/mol. The first kappa shape index (κ1) is 23.6. The van der Waals surface area contributed by atoms with Gasteiger partial charge in [0.2, 0.25) is 21.8 Å². The standard InChI is InChI=1S/C22H26N2O7S/c1-5-16(14-6-8-19(30-3)20(12-14)31-4)23-32(27,28)15-7-9-18(29-2)17(13-15)24-21(25)10-11-22(24)26/h6-9,12-13,16,23H,5,10-11H2,1-4H3/t16-/m1/s1. The van der Waals surface area contributed by atoms with Gasteiger partial charge in [-0.3, -0.25) is 9.59 Å². The van der Waals surface area contributed by atoms with Crippen molar-refractivity contribution in [2.75, 3.05) is 26.2 Å². The zero-order valence-corrected chi connectivity index (χ0v) is 19.2.